The molecule has 1 aliphatic rings. The van der Waals surface area contributed by atoms with Crippen LogP contribution in [0.25, 0.3) is 16.6 Å². The first kappa shape index (κ1) is 17.5. The molecule has 1 fully saturated rings. The second-order valence-corrected chi connectivity index (χ2v) is 7.89. The van der Waals surface area contributed by atoms with Crippen molar-refractivity contribution in [1.29, 1.82) is 0 Å². The Morgan fingerprint density at radius 3 is 2.56 bits per heavy atom. The summed E-state index contributed by atoms with van der Waals surface area (Å²) in [6, 6.07) is 13.6. The molecule has 1 atom stereocenters. The van der Waals surface area contributed by atoms with Gasteiger partial charge in [0.25, 0.3) is 0 Å². The summed E-state index contributed by atoms with van der Waals surface area (Å²) < 4.78 is 0. The number of allylic oxidation sites excluding steroid dienone is 1. The maximum Gasteiger partial charge on any atom is 0.175 e. The van der Waals surface area contributed by atoms with Gasteiger partial charge in [0, 0.05) is 28.6 Å². The van der Waals surface area contributed by atoms with Gasteiger partial charge < -0.3 is 0 Å². The fourth-order valence-electron chi connectivity index (χ4n) is 3.24. The number of hydrogen-bond acceptors (Lipinski definition) is 5. The highest BCUT2D eigenvalue weighted by atomic mass is 32.1. The molecule has 1 aliphatic carbocycles. The molecule has 1 saturated carbocycles. The van der Waals surface area contributed by atoms with E-state index in [1.54, 1.807) is 12.3 Å². The Bertz CT molecular complexity index is 1050. The van der Waals surface area contributed by atoms with Crippen molar-refractivity contribution >= 4 is 29.0 Å². The maximum absolute atomic E-state index is 12.9. The van der Waals surface area contributed by atoms with Crippen LogP contribution in [0.5, 0.6) is 0 Å². The molecule has 4 nitrogen and oxygen atoms in total. The van der Waals surface area contributed by atoms with Crippen molar-refractivity contribution in [2.24, 2.45) is 0 Å². The van der Waals surface area contributed by atoms with Gasteiger partial charge in [-0.3, -0.25) is 14.6 Å². The van der Waals surface area contributed by atoms with Crippen molar-refractivity contribution < 1.29 is 9.59 Å². The van der Waals surface area contributed by atoms with E-state index in [0.29, 0.717) is 17.0 Å². The van der Waals surface area contributed by atoms with Gasteiger partial charge in [-0.25, -0.2) is 4.98 Å². The Kier molecular flexibility index (Phi) is 4.54. The van der Waals surface area contributed by atoms with Gasteiger partial charge in [0.2, 0.25) is 0 Å². The minimum absolute atomic E-state index is 0.0916. The Labute approximate surface area is 161 Å². The SMILES string of the molecule is Cc1ccc(-c2nc(C3C(=O)C/C(=C/c4ccccn4)C3=O)c(C)s2)cc1. The van der Waals surface area contributed by atoms with Crippen molar-refractivity contribution in [3.8, 4) is 10.6 Å². The monoisotopic (exact) mass is 374 g/mol. The Hall–Kier alpha value is -2.92. The van der Waals surface area contributed by atoms with Crippen LogP contribution in [0.4, 0.5) is 0 Å². The van der Waals surface area contributed by atoms with Gasteiger partial charge in [0.15, 0.2) is 11.6 Å². The molecule has 27 heavy (non-hydrogen) atoms. The number of Topliss-reactive ketones (excluding diaryl/α,β-unsaturated/α-hetero) is 2. The lowest BCUT2D eigenvalue weighted by Gasteiger charge is -2.04. The highest BCUT2D eigenvalue weighted by Crippen LogP contribution is 2.38. The molecular formula is C22H18N2O2S. The molecule has 0 aliphatic heterocycles. The summed E-state index contributed by atoms with van der Waals surface area (Å²) in [6.07, 6.45) is 3.52. The third-order valence-electron chi connectivity index (χ3n) is 4.68. The van der Waals surface area contributed by atoms with Crippen LogP contribution in [0.2, 0.25) is 0 Å². The number of nitrogens with zero attached hydrogens (tertiary/aromatic N) is 2. The van der Waals surface area contributed by atoms with Crippen molar-refractivity contribution in [2.75, 3.05) is 0 Å². The van der Waals surface area contributed by atoms with Crippen LogP contribution in [-0.2, 0) is 9.59 Å². The van der Waals surface area contributed by atoms with Crippen molar-refractivity contribution in [3.63, 3.8) is 0 Å². The first-order chi connectivity index (χ1) is 13.0. The molecule has 134 valence electrons. The zero-order valence-corrected chi connectivity index (χ0v) is 15.9. The molecule has 5 heteroatoms. The Balaban J connectivity index is 1.67. The fraction of sp³-hybridized carbons (Fsp3) is 0.182. The highest BCUT2D eigenvalue weighted by molar-refractivity contribution is 7.15. The first-order valence-corrected chi connectivity index (χ1v) is 9.57. The minimum Gasteiger partial charge on any atom is -0.298 e. The van der Waals surface area contributed by atoms with Crippen LogP contribution in [0.15, 0.2) is 54.2 Å². The van der Waals surface area contributed by atoms with Crippen molar-refractivity contribution in [1.82, 2.24) is 9.97 Å². The summed E-state index contributed by atoms with van der Waals surface area (Å²) >= 11 is 1.52. The van der Waals surface area contributed by atoms with E-state index in [1.807, 2.05) is 56.3 Å². The third-order valence-corrected chi connectivity index (χ3v) is 5.72. The van der Waals surface area contributed by atoms with E-state index < -0.39 is 5.92 Å². The normalized spacial score (nSPS) is 18.4. The van der Waals surface area contributed by atoms with Gasteiger partial charge in [-0.15, -0.1) is 11.3 Å². The number of aryl methyl sites for hydroxylation is 2. The fourth-order valence-corrected chi connectivity index (χ4v) is 4.20. The number of carbonyl (C=O) groups is 2. The molecule has 1 unspecified atom stereocenters. The van der Waals surface area contributed by atoms with E-state index in [9.17, 15) is 9.59 Å². The number of pyridine rings is 1. The Morgan fingerprint density at radius 1 is 1.07 bits per heavy atom. The molecule has 0 N–H and O–H groups in total. The van der Waals surface area contributed by atoms with Crippen LogP contribution < -0.4 is 0 Å². The summed E-state index contributed by atoms with van der Waals surface area (Å²) in [6.45, 7) is 3.96. The van der Waals surface area contributed by atoms with Crippen LogP contribution in [0, 0.1) is 13.8 Å². The number of ketones is 2. The zero-order valence-electron chi connectivity index (χ0n) is 15.1. The quantitative estimate of drug-likeness (QED) is 0.499. The van der Waals surface area contributed by atoms with Gasteiger partial charge in [-0.1, -0.05) is 35.9 Å². The number of hydrogen-bond donors (Lipinski definition) is 0. The summed E-state index contributed by atoms with van der Waals surface area (Å²) in [5.41, 5.74) is 3.97. The van der Waals surface area contributed by atoms with Gasteiger partial charge >= 0.3 is 0 Å². The van der Waals surface area contributed by atoms with E-state index in [1.165, 1.54) is 16.9 Å². The van der Waals surface area contributed by atoms with Gasteiger partial charge in [0.05, 0.1) is 11.4 Å². The van der Waals surface area contributed by atoms with Crippen LogP contribution in [0.3, 0.4) is 0 Å². The zero-order chi connectivity index (χ0) is 19.0. The number of rotatable bonds is 3. The summed E-state index contributed by atoms with van der Waals surface area (Å²) in [5.74, 6) is -1.05. The number of benzene rings is 1. The molecule has 0 amide bonds. The molecule has 0 saturated heterocycles. The lowest BCUT2D eigenvalue weighted by Crippen LogP contribution is -2.14. The van der Waals surface area contributed by atoms with E-state index in [4.69, 9.17) is 0 Å². The summed E-state index contributed by atoms with van der Waals surface area (Å²) in [7, 11) is 0. The Morgan fingerprint density at radius 2 is 1.85 bits per heavy atom. The topological polar surface area (TPSA) is 59.9 Å². The van der Waals surface area contributed by atoms with E-state index in [0.717, 1.165) is 15.4 Å². The molecule has 0 spiro atoms. The molecule has 2 aromatic heterocycles. The lowest BCUT2D eigenvalue weighted by molar-refractivity contribution is -0.123. The highest BCUT2D eigenvalue weighted by Gasteiger charge is 2.40. The average molecular weight is 374 g/mol. The van der Waals surface area contributed by atoms with Crippen LogP contribution in [0.1, 0.15) is 34.2 Å². The molecular weight excluding hydrogens is 356 g/mol. The molecule has 1 aromatic carbocycles. The average Bonchev–Trinajstić information content (AvgIpc) is 3.16. The van der Waals surface area contributed by atoms with E-state index in [-0.39, 0.29) is 18.0 Å². The molecule has 2 heterocycles. The predicted octanol–water partition coefficient (Wildman–Crippen LogP) is 4.53. The lowest BCUT2D eigenvalue weighted by atomic mass is 10.00. The number of thiazole rings is 1. The largest absolute Gasteiger partial charge is 0.298 e. The van der Waals surface area contributed by atoms with E-state index >= 15 is 0 Å². The molecule has 4 rings (SSSR count). The van der Waals surface area contributed by atoms with Gasteiger partial charge in [-0.2, -0.15) is 0 Å². The number of carbonyl (C=O) groups excluding carboxylic acids is 2. The number of aromatic nitrogens is 2. The molecule has 0 bridgehead atoms. The second-order valence-electron chi connectivity index (χ2n) is 6.69. The third kappa shape index (κ3) is 3.38. The van der Waals surface area contributed by atoms with E-state index in [2.05, 4.69) is 9.97 Å². The summed E-state index contributed by atoms with van der Waals surface area (Å²) in [5, 5.41) is 0.838. The second kappa shape index (κ2) is 7.00. The van der Waals surface area contributed by atoms with Crippen LogP contribution in [-0.4, -0.2) is 21.5 Å². The van der Waals surface area contributed by atoms with Gasteiger partial charge in [-0.05, 0) is 32.1 Å². The van der Waals surface area contributed by atoms with Crippen molar-refractivity contribution in [2.45, 2.75) is 26.2 Å². The summed E-state index contributed by atoms with van der Waals surface area (Å²) in [4.78, 5) is 35.3. The smallest absolute Gasteiger partial charge is 0.175 e. The van der Waals surface area contributed by atoms with Crippen LogP contribution >= 0.6 is 11.3 Å². The van der Waals surface area contributed by atoms with Crippen molar-refractivity contribution in [3.05, 3.63) is 76.1 Å². The van der Waals surface area contributed by atoms with Gasteiger partial charge in [0.1, 0.15) is 10.9 Å². The molecule has 3 aromatic rings. The maximum atomic E-state index is 12.9. The minimum atomic E-state index is -0.796. The molecule has 0 radical (unpaired) electrons. The predicted molar refractivity (Wildman–Crippen MR) is 107 cm³/mol. The standard InChI is InChI=1S/C22H18N2O2S/c1-13-6-8-15(9-7-13)22-24-20(14(2)27-22)19-18(25)12-16(21(19)26)11-17-5-3-4-10-23-17/h3-11,19H,12H2,1-2H3/b16-11-. The first-order valence-electron chi connectivity index (χ1n) is 8.76.